The van der Waals surface area contributed by atoms with Gasteiger partial charge in [0.15, 0.2) is 0 Å². The fourth-order valence-corrected chi connectivity index (χ4v) is 2.33. The molecule has 0 heterocycles. The van der Waals surface area contributed by atoms with Gasteiger partial charge >= 0.3 is 0 Å². The van der Waals surface area contributed by atoms with Crippen LogP contribution in [0.25, 0.3) is 0 Å². The van der Waals surface area contributed by atoms with Crippen molar-refractivity contribution in [3.05, 3.63) is 12.7 Å². The predicted molar refractivity (Wildman–Crippen MR) is 95.8 cm³/mol. The van der Waals surface area contributed by atoms with Crippen LogP contribution in [0.1, 0.15) is 91.4 Å². The molecule has 22 heavy (non-hydrogen) atoms. The van der Waals surface area contributed by atoms with Crippen molar-refractivity contribution >= 4 is 0 Å². The van der Waals surface area contributed by atoms with E-state index in [4.69, 9.17) is 14.5 Å². The zero-order chi connectivity index (χ0) is 17.1. The molecule has 0 bridgehead atoms. The Hall–Kier alpha value is -0.380. The molecule has 0 aliphatic carbocycles. The third-order valence-electron chi connectivity index (χ3n) is 3.69. The smallest absolute Gasteiger partial charge is 0.201 e. The summed E-state index contributed by atoms with van der Waals surface area (Å²) in [6.45, 7) is 9.93. The summed E-state index contributed by atoms with van der Waals surface area (Å²) < 4.78 is 5.52. The minimum atomic E-state index is -0.535. The standard InChI is InChI=1S/C15H32O3.C4H8/c1-5-7-8-9-10-11-12-14-15(16-3,13-6-2)18-17-4;1-3-4-2/h5-14H2,1-4H3;3H,1,4H2,2H3. The minimum absolute atomic E-state index is 0.535. The Morgan fingerprint density at radius 3 is 1.77 bits per heavy atom. The van der Waals surface area contributed by atoms with Crippen LogP contribution in [0.5, 0.6) is 0 Å². The largest absolute Gasteiger partial charge is 0.351 e. The molecule has 1 unspecified atom stereocenters. The number of allylic oxidation sites excluding steroid dienone is 1. The van der Waals surface area contributed by atoms with Crippen molar-refractivity contribution in [2.24, 2.45) is 0 Å². The molecule has 0 aromatic carbocycles. The van der Waals surface area contributed by atoms with Gasteiger partial charge in [0.25, 0.3) is 0 Å². The van der Waals surface area contributed by atoms with Gasteiger partial charge in [-0.3, -0.25) is 0 Å². The SMILES string of the molecule is C=CCC.CCCCCCCCCC(CCC)(OC)OOC. The highest BCUT2D eigenvalue weighted by Crippen LogP contribution is 2.26. The first-order chi connectivity index (χ1) is 10.7. The van der Waals surface area contributed by atoms with Crippen LogP contribution in [0.3, 0.4) is 0 Å². The minimum Gasteiger partial charge on any atom is -0.351 e. The van der Waals surface area contributed by atoms with Crippen molar-refractivity contribution in [3.63, 3.8) is 0 Å². The molecule has 0 fully saturated rings. The van der Waals surface area contributed by atoms with Crippen molar-refractivity contribution in [2.75, 3.05) is 14.2 Å². The van der Waals surface area contributed by atoms with Crippen LogP contribution in [0.4, 0.5) is 0 Å². The van der Waals surface area contributed by atoms with Crippen LogP contribution in [0.15, 0.2) is 12.7 Å². The fraction of sp³-hybridized carbons (Fsp3) is 0.895. The molecule has 0 aromatic rings. The lowest BCUT2D eigenvalue weighted by atomic mass is 10.0. The third kappa shape index (κ3) is 14.6. The Bertz CT molecular complexity index is 211. The summed E-state index contributed by atoms with van der Waals surface area (Å²) in [7, 11) is 3.25. The van der Waals surface area contributed by atoms with Gasteiger partial charge in [0.1, 0.15) is 0 Å². The van der Waals surface area contributed by atoms with Gasteiger partial charge in [-0.2, -0.15) is 0 Å². The van der Waals surface area contributed by atoms with Crippen LogP contribution in [-0.2, 0) is 14.5 Å². The van der Waals surface area contributed by atoms with Gasteiger partial charge in [-0.1, -0.05) is 71.8 Å². The Labute approximate surface area is 139 Å². The fourth-order valence-electron chi connectivity index (χ4n) is 2.33. The first-order valence-corrected chi connectivity index (χ1v) is 9.04. The first kappa shape index (κ1) is 23.9. The lowest BCUT2D eigenvalue weighted by molar-refractivity contribution is -0.416. The van der Waals surface area contributed by atoms with Gasteiger partial charge < -0.3 is 4.74 Å². The molecule has 0 rings (SSSR count). The second-order valence-corrected chi connectivity index (χ2v) is 5.68. The average molecular weight is 317 g/mol. The summed E-state index contributed by atoms with van der Waals surface area (Å²) in [6, 6.07) is 0. The molecule has 0 saturated heterocycles. The zero-order valence-corrected chi connectivity index (χ0v) is 15.8. The van der Waals surface area contributed by atoms with E-state index < -0.39 is 5.79 Å². The van der Waals surface area contributed by atoms with Gasteiger partial charge in [0, 0.05) is 20.0 Å². The van der Waals surface area contributed by atoms with E-state index >= 15 is 0 Å². The number of methoxy groups -OCH3 is 1. The highest BCUT2D eigenvalue weighted by Gasteiger charge is 2.30. The summed E-state index contributed by atoms with van der Waals surface area (Å²) in [5.74, 6) is -0.535. The van der Waals surface area contributed by atoms with Crippen LogP contribution < -0.4 is 0 Å². The van der Waals surface area contributed by atoms with Gasteiger partial charge in [-0.15, -0.1) is 6.58 Å². The van der Waals surface area contributed by atoms with Gasteiger partial charge in [0.2, 0.25) is 5.79 Å². The zero-order valence-electron chi connectivity index (χ0n) is 15.8. The van der Waals surface area contributed by atoms with Crippen molar-refractivity contribution in [1.29, 1.82) is 0 Å². The Morgan fingerprint density at radius 2 is 1.36 bits per heavy atom. The lowest BCUT2D eigenvalue weighted by Gasteiger charge is -2.30. The molecular formula is C19H40O3. The van der Waals surface area contributed by atoms with Crippen LogP contribution >= 0.6 is 0 Å². The second-order valence-electron chi connectivity index (χ2n) is 5.68. The van der Waals surface area contributed by atoms with Crippen LogP contribution in [-0.4, -0.2) is 20.0 Å². The molecule has 0 aliphatic rings. The number of hydrogen-bond acceptors (Lipinski definition) is 3. The third-order valence-corrected chi connectivity index (χ3v) is 3.69. The van der Waals surface area contributed by atoms with Gasteiger partial charge in [0.05, 0.1) is 7.11 Å². The normalized spacial score (nSPS) is 13.1. The molecule has 0 aliphatic heterocycles. The van der Waals surface area contributed by atoms with Crippen LogP contribution in [0, 0.1) is 0 Å². The maximum Gasteiger partial charge on any atom is 0.201 e. The summed E-state index contributed by atoms with van der Waals surface area (Å²) in [5.41, 5.74) is 0. The number of unbranched alkanes of at least 4 members (excludes halogenated alkanes) is 6. The maximum absolute atomic E-state index is 5.52. The van der Waals surface area contributed by atoms with Crippen molar-refractivity contribution in [2.45, 2.75) is 97.2 Å². The summed E-state index contributed by atoms with van der Waals surface area (Å²) in [5, 5.41) is 0. The molecule has 0 saturated carbocycles. The first-order valence-electron chi connectivity index (χ1n) is 9.04. The van der Waals surface area contributed by atoms with E-state index in [9.17, 15) is 0 Å². The second kappa shape index (κ2) is 18.7. The van der Waals surface area contributed by atoms with E-state index in [-0.39, 0.29) is 0 Å². The Morgan fingerprint density at radius 1 is 0.818 bits per heavy atom. The Balaban J connectivity index is 0. The predicted octanol–water partition coefficient (Wildman–Crippen LogP) is 6.43. The molecule has 3 heteroatoms. The van der Waals surface area contributed by atoms with E-state index in [0.29, 0.717) is 0 Å². The number of hydrogen-bond donors (Lipinski definition) is 0. The van der Waals surface area contributed by atoms with Gasteiger partial charge in [-0.25, -0.2) is 9.78 Å². The molecule has 1 atom stereocenters. The summed E-state index contributed by atoms with van der Waals surface area (Å²) in [4.78, 5) is 10.2. The van der Waals surface area contributed by atoms with E-state index in [1.165, 1.54) is 38.5 Å². The van der Waals surface area contributed by atoms with E-state index in [2.05, 4.69) is 27.4 Å². The van der Waals surface area contributed by atoms with Crippen molar-refractivity contribution < 1.29 is 14.5 Å². The summed E-state index contributed by atoms with van der Waals surface area (Å²) >= 11 is 0. The Kier molecular flexibility index (Phi) is 20.3. The molecule has 3 nitrogen and oxygen atoms in total. The maximum atomic E-state index is 5.52. The molecule has 0 spiro atoms. The highest BCUT2D eigenvalue weighted by atomic mass is 17.2. The van der Waals surface area contributed by atoms with Crippen molar-refractivity contribution in [1.82, 2.24) is 0 Å². The molecule has 0 N–H and O–H groups in total. The molecular weight excluding hydrogens is 276 g/mol. The topological polar surface area (TPSA) is 27.7 Å². The van der Waals surface area contributed by atoms with Crippen LogP contribution in [0.2, 0.25) is 0 Å². The van der Waals surface area contributed by atoms with E-state index in [1.54, 1.807) is 14.2 Å². The average Bonchev–Trinajstić information content (AvgIpc) is 2.54. The molecule has 0 aromatic heterocycles. The summed E-state index contributed by atoms with van der Waals surface area (Å²) in [6.07, 6.45) is 14.9. The highest BCUT2D eigenvalue weighted by molar-refractivity contribution is 4.67. The van der Waals surface area contributed by atoms with Gasteiger partial charge in [-0.05, 0) is 12.8 Å². The number of rotatable bonds is 14. The quantitative estimate of drug-likeness (QED) is 0.121. The molecule has 0 radical (unpaired) electrons. The number of ether oxygens (including phenoxy) is 1. The van der Waals surface area contributed by atoms with Crippen molar-refractivity contribution in [3.8, 4) is 0 Å². The van der Waals surface area contributed by atoms with E-state index in [1.807, 2.05) is 6.08 Å². The lowest BCUT2D eigenvalue weighted by Crippen LogP contribution is -2.34. The monoisotopic (exact) mass is 316 g/mol. The molecule has 0 amide bonds. The van der Waals surface area contributed by atoms with E-state index in [0.717, 1.165) is 32.1 Å². The molecule has 134 valence electrons.